The highest BCUT2D eigenvalue weighted by Crippen LogP contribution is 2.38. The van der Waals surface area contributed by atoms with Crippen molar-refractivity contribution < 1.29 is 13.6 Å². The molecule has 120 valence electrons. The fourth-order valence-electron chi connectivity index (χ4n) is 3.02. The molecule has 2 aromatic carbocycles. The summed E-state index contributed by atoms with van der Waals surface area (Å²) in [6, 6.07) is 12.2. The molecule has 24 heavy (non-hydrogen) atoms. The van der Waals surface area contributed by atoms with Gasteiger partial charge in [-0.25, -0.2) is 13.8 Å². The van der Waals surface area contributed by atoms with Gasteiger partial charge in [0.2, 0.25) is 5.91 Å². The van der Waals surface area contributed by atoms with E-state index in [0.717, 1.165) is 0 Å². The number of hydrogen-bond acceptors (Lipinski definition) is 2. The highest BCUT2D eigenvalue weighted by atomic mass is 19.1. The topological polar surface area (TPSA) is 46.9 Å². The first-order valence-corrected chi connectivity index (χ1v) is 7.51. The molecule has 1 amide bonds. The van der Waals surface area contributed by atoms with E-state index in [4.69, 9.17) is 0 Å². The number of carbonyl (C=O) groups excluding carboxylic acids is 1. The number of nitrogens with one attached hydrogen (secondary N) is 1. The third kappa shape index (κ3) is 2.36. The second kappa shape index (κ2) is 5.56. The maximum atomic E-state index is 14.2. The van der Waals surface area contributed by atoms with Gasteiger partial charge in [0.1, 0.15) is 23.8 Å². The summed E-state index contributed by atoms with van der Waals surface area (Å²) < 4.78 is 28.9. The SMILES string of the molecule is O=C1C[C@H](c2ccccc2F)c2ncn(-c3ccc(F)cc3)c2N1. The van der Waals surface area contributed by atoms with Crippen LogP contribution in [-0.2, 0) is 4.79 Å². The standard InChI is InChI=1S/C18H13F2N3O/c19-11-5-7-12(8-6-11)23-10-21-17-14(9-16(24)22-18(17)23)13-3-1-2-4-15(13)20/h1-8,10,14H,9H2,(H,22,24)/t14-/m1/s1. The Morgan fingerprint density at radius 3 is 2.58 bits per heavy atom. The fourth-order valence-corrected chi connectivity index (χ4v) is 3.02. The highest BCUT2D eigenvalue weighted by molar-refractivity contribution is 5.94. The number of aromatic nitrogens is 2. The van der Waals surface area contributed by atoms with Gasteiger partial charge in [0, 0.05) is 18.0 Å². The number of benzene rings is 2. The minimum absolute atomic E-state index is 0.133. The van der Waals surface area contributed by atoms with Crippen LogP contribution in [0.25, 0.3) is 5.69 Å². The molecule has 1 aliphatic rings. The molecule has 6 heteroatoms. The largest absolute Gasteiger partial charge is 0.310 e. The Balaban J connectivity index is 1.83. The van der Waals surface area contributed by atoms with Crippen LogP contribution in [0.2, 0.25) is 0 Å². The zero-order chi connectivity index (χ0) is 16.7. The maximum Gasteiger partial charge on any atom is 0.226 e. The molecule has 0 bridgehead atoms. The third-order valence-electron chi connectivity index (χ3n) is 4.16. The monoisotopic (exact) mass is 325 g/mol. The molecule has 1 atom stereocenters. The Morgan fingerprint density at radius 1 is 1.08 bits per heavy atom. The molecular weight excluding hydrogens is 312 g/mol. The summed E-state index contributed by atoms with van der Waals surface area (Å²) in [4.78, 5) is 16.5. The molecule has 1 aliphatic heterocycles. The van der Waals surface area contributed by atoms with Crippen LogP contribution in [0.1, 0.15) is 23.6 Å². The van der Waals surface area contributed by atoms with Gasteiger partial charge < -0.3 is 5.32 Å². The number of anilines is 1. The molecule has 0 fully saturated rings. The molecule has 0 saturated heterocycles. The molecule has 0 radical (unpaired) electrons. The van der Waals surface area contributed by atoms with E-state index in [9.17, 15) is 13.6 Å². The van der Waals surface area contributed by atoms with E-state index in [1.807, 2.05) is 0 Å². The van der Waals surface area contributed by atoms with Crippen molar-refractivity contribution in [2.75, 3.05) is 5.32 Å². The van der Waals surface area contributed by atoms with Crippen LogP contribution >= 0.6 is 0 Å². The lowest BCUT2D eigenvalue weighted by atomic mass is 9.89. The van der Waals surface area contributed by atoms with Crippen LogP contribution in [0, 0.1) is 11.6 Å². The van der Waals surface area contributed by atoms with Crippen molar-refractivity contribution >= 4 is 11.7 Å². The summed E-state index contributed by atoms with van der Waals surface area (Å²) >= 11 is 0. The first kappa shape index (κ1) is 14.6. The summed E-state index contributed by atoms with van der Waals surface area (Å²) in [5.41, 5.74) is 1.71. The summed E-state index contributed by atoms with van der Waals surface area (Å²) in [5, 5.41) is 2.79. The predicted octanol–water partition coefficient (Wildman–Crippen LogP) is 3.62. The fraction of sp³-hybridized carbons (Fsp3) is 0.111. The Morgan fingerprint density at radius 2 is 1.83 bits per heavy atom. The quantitative estimate of drug-likeness (QED) is 0.782. The lowest BCUT2D eigenvalue weighted by molar-refractivity contribution is -0.116. The van der Waals surface area contributed by atoms with Gasteiger partial charge in [-0.3, -0.25) is 9.36 Å². The van der Waals surface area contributed by atoms with Crippen LogP contribution in [0.15, 0.2) is 54.9 Å². The second-order valence-corrected chi connectivity index (χ2v) is 5.65. The van der Waals surface area contributed by atoms with E-state index in [1.54, 1.807) is 41.2 Å². The molecular formula is C18H13F2N3O. The van der Waals surface area contributed by atoms with Crippen molar-refractivity contribution in [3.05, 3.63) is 77.8 Å². The smallest absolute Gasteiger partial charge is 0.226 e. The minimum atomic E-state index is -0.448. The highest BCUT2D eigenvalue weighted by Gasteiger charge is 2.32. The number of nitrogens with zero attached hydrogens (tertiary/aromatic N) is 2. The molecule has 2 heterocycles. The molecule has 4 rings (SSSR count). The molecule has 0 aliphatic carbocycles. The number of halogens is 2. The van der Waals surface area contributed by atoms with Crippen LogP contribution in [-0.4, -0.2) is 15.5 Å². The van der Waals surface area contributed by atoms with Gasteiger partial charge in [-0.2, -0.15) is 0 Å². The van der Waals surface area contributed by atoms with E-state index in [2.05, 4.69) is 10.3 Å². The van der Waals surface area contributed by atoms with Crippen LogP contribution < -0.4 is 5.32 Å². The number of hydrogen-bond donors (Lipinski definition) is 1. The second-order valence-electron chi connectivity index (χ2n) is 5.65. The molecule has 4 nitrogen and oxygen atoms in total. The summed E-state index contributed by atoms with van der Waals surface area (Å²) in [7, 11) is 0. The van der Waals surface area contributed by atoms with Gasteiger partial charge in [0.05, 0.1) is 5.69 Å². The van der Waals surface area contributed by atoms with Crippen molar-refractivity contribution in [1.29, 1.82) is 0 Å². The summed E-state index contributed by atoms with van der Waals surface area (Å²) in [6.45, 7) is 0. The van der Waals surface area contributed by atoms with Gasteiger partial charge >= 0.3 is 0 Å². The summed E-state index contributed by atoms with van der Waals surface area (Å²) in [6.07, 6.45) is 1.69. The Labute approximate surface area is 136 Å². The average Bonchev–Trinajstić information content (AvgIpc) is 2.99. The molecule has 3 aromatic rings. The van der Waals surface area contributed by atoms with Crippen LogP contribution in [0.5, 0.6) is 0 Å². The van der Waals surface area contributed by atoms with E-state index in [-0.39, 0.29) is 24.0 Å². The Hall–Kier alpha value is -3.02. The van der Waals surface area contributed by atoms with E-state index in [0.29, 0.717) is 22.8 Å². The van der Waals surface area contributed by atoms with Crippen LogP contribution in [0.4, 0.5) is 14.6 Å². The molecule has 0 spiro atoms. The number of fused-ring (bicyclic) bond motifs is 1. The zero-order valence-corrected chi connectivity index (χ0v) is 12.5. The van der Waals surface area contributed by atoms with Gasteiger partial charge in [-0.05, 0) is 35.9 Å². The molecule has 0 saturated carbocycles. The first-order chi connectivity index (χ1) is 11.6. The van der Waals surface area contributed by atoms with Gasteiger partial charge in [-0.15, -0.1) is 0 Å². The summed E-state index contributed by atoms with van der Waals surface area (Å²) in [5.74, 6) is -0.872. The molecule has 0 unspecified atom stereocenters. The first-order valence-electron chi connectivity index (χ1n) is 7.51. The maximum absolute atomic E-state index is 14.2. The third-order valence-corrected chi connectivity index (χ3v) is 4.16. The van der Waals surface area contributed by atoms with Crippen molar-refractivity contribution in [1.82, 2.24) is 9.55 Å². The Bertz CT molecular complexity index is 918. The Kier molecular flexibility index (Phi) is 3.37. The lowest BCUT2D eigenvalue weighted by Gasteiger charge is -2.23. The van der Waals surface area contributed by atoms with Gasteiger partial charge in [0.25, 0.3) is 0 Å². The minimum Gasteiger partial charge on any atom is -0.310 e. The van der Waals surface area contributed by atoms with Gasteiger partial charge in [0.15, 0.2) is 0 Å². The lowest BCUT2D eigenvalue weighted by Crippen LogP contribution is -2.25. The number of imidazole rings is 1. The van der Waals surface area contributed by atoms with E-state index in [1.165, 1.54) is 18.2 Å². The van der Waals surface area contributed by atoms with Crippen molar-refractivity contribution in [3.8, 4) is 5.69 Å². The number of amides is 1. The van der Waals surface area contributed by atoms with E-state index < -0.39 is 5.92 Å². The van der Waals surface area contributed by atoms with Gasteiger partial charge in [-0.1, -0.05) is 18.2 Å². The normalized spacial score (nSPS) is 16.6. The number of carbonyl (C=O) groups is 1. The van der Waals surface area contributed by atoms with Crippen molar-refractivity contribution in [2.24, 2.45) is 0 Å². The zero-order valence-electron chi connectivity index (χ0n) is 12.5. The molecule has 1 aromatic heterocycles. The number of rotatable bonds is 2. The van der Waals surface area contributed by atoms with E-state index >= 15 is 0 Å². The predicted molar refractivity (Wildman–Crippen MR) is 85.0 cm³/mol. The van der Waals surface area contributed by atoms with Crippen molar-refractivity contribution in [3.63, 3.8) is 0 Å². The average molecular weight is 325 g/mol. The van der Waals surface area contributed by atoms with Crippen LogP contribution in [0.3, 0.4) is 0 Å². The molecule has 1 N–H and O–H groups in total. The van der Waals surface area contributed by atoms with Crippen molar-refractivity contribution in [2.45, 2.75) is 12.3 Å².